The molecule has 0 amide bonds. The van der Waals surface area contributed by atoms with Crippen LogP contribution < -0.4 is 19.9 Å². The SMILES string of the molecule is CC(C)(C)c1ccc2c(c1)-c1nc-2nc2[n-]c(nc3nc(nc4[n-]c(n1)c1cc(C(C)(C)C)ccc41)-c1ccc(C#C/C(CO[Si](C)(C)C(C)(C)C)=C(/C#Cc4ccc5c(c4)-c4nc-5nc5[n-]c(nc6nc(nc7[n-]c(n4)c4cc(C(C)(C)C)ccc74)-c4ccc(C(C)(C)C)cc4-6)c4cc(C(C)(C)C)ccc54)CO[Si](C)(C)C(C)(C)C)cc1-3)c1cc(C(C)(C)C)ccc21.[Co+2].[Zn+2]. The van der Waals surface area contributed by atoms with Crippen LogP contribution in [0.4, 0.5) is 0 Å². The van der Waals surface area contributed by atoms with Gasteiger partial charge in [0.05, 0.1) is 59.8 Å². The fourth-order valence-electron chi connectivity index (χ4n) is 15.9. The van der Waals surface area contributed by atoms with Gasteiger partial charge in [0.15, 0.2) is 16.6 Å². The standard InChI is InChI=1S/C108H112N16O2Si2.Co.Zn/c1-101(2,3)63-35-43-71-79(51-63)95-115-89(71)111-91-75-47-39-67(105(13,14)15)55-83(75)99(119-91)123-97-81-53-65(103(7,8)9)37-45-73(81)87(117-97)109-85-69-41-31-59(49-77(69)93(113-85)121-95)29-33-61(57-125-127(25,26)107(19,20)21)62(58-126-128(27,28)108(22,23)24)34-30-60-32-42-70-78(50-60)94-114-86(70)110-88-74-46-38-66(104(10,11)12)54-82(74)98(118-88)124-100-84-56-68(106(16,17)18)40-48-76(84)92(120-100)112-90-72-44-36-64(102(4,5)6)52-80(72)96(116-90)122-94;;/h31-32,35-56H,57-58H2,1-28H3;;/q-4;2*+2/b62-61+;;. The minimum atomic E-state index is -2.48. The van der Waals surface area contributed by atoms with Gasteiger partial charge in [0.25, 0.3) is 0 Å². The fraction of sp³-hybridized carbons (Fsp3) is 0.352. The van der Waals surface area contributed by atoms with Crippen molar-refractivity contribution in [1.29, 1.82) is 0 Å². The maximum Gasteiger partial charge on any atom is 2.00 e. The van der Waals surface area contributed by atoms with Crippen LogP contribution in [0.1, 0.15) is 211 Å². The van der Waals surface area contributed by atoms with Crippen LogP contribution in [0.3, 0.4) is 0 Å². The number of hydrogen-bond acceptors (Lipinski definition) is 14. The second-order valence-corrected chi connectivity index (χ2v) is 53.7. The van der Waals surface area contributed by atoms with E-state index in [9.17, 15) is 0 Å². The Morgan fingerprint density at radius 2 is 0.454 bits per heavy atom. The summed E-state index contributed by atoms with van der Waals surface area (Å²) >= 11 is 0. The third kappa shape index (κ3) is 17.3. The van der Waals surface area contributed by atoms with E-state index in [2.05, 4.69) is 337 Å². The molecule has 1 radical (unpaired) electrons. The van der Waals surface area contributed by atoms with E-state index in [-0.39, 0.29) is 92.0 Å². The quantitative estimate of drug-likeness (QED) is 0.111. The number of hydrogen-bond donors (Lipinski definition) is 0. The van der Waals surface area contributed by atoms with Gasteiger partial charge in [-0.15, -0.1) is 0 Å². The minimum Gasteiger partial charge on any atom is -0.412 e. The van der Waals surface area contributed by atoms with Gasteiger partial charge < -0.3 is 68.7 Å². The molecule has 18 rings (SSSR count). The predicted molar refractivity (Wildman–Crippen MR) is 527 cm³/mol. The van der Waals surface area contributed by atoms with Gasteiger partial charge in [-0.25, -0.2) is 19.9 Å². The Morgan fingerprint density at radius 1 is 0.254 bits per heavy atom. The van der Waals surface area contributed by atoms with Gasteiger partial charge in [-0.2, -0.15) is 0 Å². The zero-order valence-corrected chi connectivity index (χ0v) is 86.3. The maximum absolute atomic E-state index is 7.28. The van der Waals surface area contributed by atoms with Crippen LogP contribution in [-0.2, 0) is 77.6 Å². The zero-order chi connectivity index (χ0) is 91.2. The van der Waals surface area contributed by atoms with Gasteiger partial charge in [0.2, 0.25) is 0 Å². The first-order chi connectivity index (χ1) is 59.8. The van der Waals surface area contributed by atoms with Crippen molar-refractivity contribution in [3.63, 3.8) is 0 Å². The van der Waals surface area contributed by atoms with E-state index in [0.29, 0.717) is 114 Å². The Morgan fingerprint density at radius 3 is 0.685 bits per heavy atom. The summed E-state index contributed by atoms with van der Waals surface area (Å²) in [4.78, 5) is 86.3. The van der Waals surface area contributed by atoms with Crippen LogP contribution in [0.15, 0.2) is 157 Å². The number of benzene rings is 8. The average Bonchev–Trinajstić information content (AvgIpc) is 1.59. The molecule has 16 bridgehead atoms. The summed E-state index contributed by atoms with van der Waals surface area (Å²) in [6, 6.07) is 51.0. The fourth-order valence-corrected chi connectivity index (χ4v) is 17.8. The van der Waals surface area contributed by atoms with Crippen molar-refractivity contribution < 1.29 is 45.1 Å². The maximum atomic E-state index is 7.28. The van der Waals surface area contributed by atoms with Crippen LogP contribution in [0, 0.1) is 23.7 Å². The van der Waals surface area contributed by atoms with Crippen LogP contribution in [0.2, 0.25) is 36.3 Å². The Hall–Kier alpha value is -11.2. The largest absolute Gasteiger partial charge is 2.00 e. The summed E-state index contributed by atoms with van der Waals surface area (Å²) in [6.07, 6.45) is 0. The van der Waals surface area contributed by atoms with E-state index in [0.717, 1.165) is 121 Å². The van der Waals surface area contributed by atoms with E-state index in [1.54, 1.807) is 0 Å². The second-order valence-electron chi connectivity index (χ2n) is 44.1. The molecule has 0 saturated heterocycles. The molecule has 22 heteroatoms. The summed E-state index contributed by atoms with van der Waals surface area (Å²) in [5.41, 5.74) is 18.7. The van der Waals surface area contributed by atoms with Crippen molar-refractivity contribution in [2.24, 2.45) is 0 Å². The Kier molecular flexibility index (Phi) is 22.9. The summed E-state index contributed by atoms with van der Waals surface area (Å²) in [6.45, 7) is 62.8. The molecular weight excluding hydrogens is 1730 g/mol. The third-order valence-electron chi connectivity index (χ3n) is 26.4. The van der Waals surface area contributed by atoms with Gasteiger partial charge in [-0.05, 0) is 206 Å². The molecule has 0 atom stereocenters. The van der Waals surface area contributed by atoms with E-state index < -0.39 is 16.6 Å². The van der Waals surface area contributed by atoms with Crippen LogP contribution in [0.5, 0.6) is 0 Å². The topological polar surface area (TPSA) is 230 Å². The summed E-state index contributed by atoms with van der Waals surface area (Å²) in [7, 11) is -4.95. The molecule has 0 fully saturated rings. The van der Waals surface area contributed by atoms with Gasteiger partial charge in [0, 0.05) is 112 Å². The van der Waals surface area contributed by atoms with Gasteiger partial charge in [-0.1, -0.05) is 275 Å². The minimum absolute atomic E-state index is 0. The number of aromatic nitrogens is 16. The molecule has 18 nitrogen and oxygen atoms in total. The monoisotopic (exact) mass is 1840 g/mol. The Balaban J connectivity index is 0.00000618. The molecule has 4 aliphatic rings. The molecule has 14 aromatic rings. The molecule has 6 aromatic heterocycles. The van der Waals surface area contributed by atoms with Gasteiger partial charge in [0.1, 0.15) is 0 Å². The van der Waals surface area contributed by atoms with Crippen LogP contribution in [-0.4, -0.2) is 89.7 Å². The molecule has 0 saturated carbocycles. The van der Waals surface area contributed by atoms with E-state index in [4.69, 9.17) is 88.6 Å². The third-order valence-corrected chi connectivity index (χ3v) is 35.4. The Bertz CT molecular complexity index is 7180. The van der Waals surface area contributed by atoms with E-state index in [1.807, 2.05) is 24.3 Å². The van der Waals surface area contributed by atoms with Crippen molar-refractivity contribution in [3.05, 3.63) is 201 Å². The van der Waals surface area contributed by atoms with Gasteiger partial charge in [-0.3, -0.25) is 0 Å². The molecule has 0 unspecified atom stereocenters. The first kappa shape index (κ1) is 92.1. The molecule has 0 spiro atoms. The second kappa shape index (κ2) is 32.4. The Labute approximate surface area is 788 Å². The molecule has 655 valence electrons. The molecule has 0 aliphatic carbocycles. The van der Waals surface area contributed by atoms with Crippen LogP contribution >= 0.6 is 0 Å². The molecule has 130 heavy (non-hydrogen) atoms. The number of rotatable bonds is 6. The van der Waals surface area contributed by atoms with Crippen molar-refractivity contribution in [3.8, 4) is 115 Å². The molecule has 10 heterocycles. The van der Waals surface area contributed by atoms with Crippen molar-refractivity contribution in [1.82, 2.24) is 79.7 Å². The average molecular weight is 1850 g/mol. The molecule has 4 aliphatic heterocycles. The van der Waals surface area contributed by atoms with E-state index in [1.165, 1.54) is 0 Å². The zero-order valence-electron chi connectivity index (χ0n) is 80.3. The molecular formula is C108H112CoN16O2Si2Zn. The van der Waals surface area contributed by atoms with E-state index >= 15 is 0 Å². The number of fused-ring (bicyclic) bond motifs is 40. The predicted octanol–water partition coefficient (Wildman–Crippen LogP) is 25.1. The summed E-state index contributed by atoms with van der Waals surface area (Å²) < 4.78 is 14.6. The van der Waals surface area contributed by atoms with Gasteiger partial charge >= 0.3 is 36.3 Å². The van der Waals surface area contributed by atoms with Crippen molar-refractivity contribution >= 4 is 105 Å². The first-order valence-corrected chi connectivity index (χ1v) is 50.3. The van der Waals surface area contributed by atoms with Crippen LogP contribution in [0.25, 0.3) is 179 Å². The summed E-state index contributed by atoms with van der Waals surface area (Å²) in [5, 5.41) is 6.39. The molecule has 0 N–H and O–H groups in total. The number of nitrogens with zero attached hydrogens (tertiary/aromatic N) is 16. The molecule has 8 aromatic carbocycles. The normalized spacial score (nSPS) is 13.4. The first-order valence-electron chi connectivity index (χ1n) is 44.5. The summed E-state index contributed by atoms with van der Waals surface area (Å²) in [5.74, 6) is 18.5. The van der Waals surface area contributed by atoms with Crippen molar-refractivity contribution in [2.75, 3.05) is 13.2 Å². The smallest absolute Gasteiger partial charge is 0.412 e. The van der Waals surface area contributed by atoms with Crippen molar-refractivity contribution in [2.45, 2.75) is 235 Å².